The SMILES string of the molecule is CCCN(CC(F)(F)F)c1snc(N)c1OCC. The maximum absolute atomic E-state index is 12.5. The van der Waals surface area contributed by atoms with Gasteiger partial charge in [-0.05, 0) is 24.9 Å². The molecule has 104 valence electrons. The van der Waals surface area contributed by atoms with Gasteiger partial charge in [-0.1, -0.05) is 6.92 Å². The number of rotatable bonds is 6. The van der Waals surface area contributed by atoms with E-state index in [0.29, 0.717) is 18.0 Å². The van der Waals surface area contributed by atoms with Gasteiger partial charge in [0.1, 0.15) is 6.54 Å². The third kappa shape index (κ3) is 3.94. The molecule has 0 amide bonds. The number of anilines is 2. The summed E-state index contributed by atoms with van der Waals surface area (Å²) in [4.78, 5) is 1.21. The Kier molecular flexibility index (Phi) is 5.06. The predicted molar refractivity (Wildman–Crippen MR) is 66.3 cm³/mol. The van der Waals surface area contributed by atoms with Gasteiger partial charge in [-0.3, -0.25) is 0 Å². The summed E-state index contributed by atoms with van der Waals surface area (Å²) in [5.41, 5.74) is 5.59. The Labute approximate surface area is 108 Å². The van der Waals surface area contributed by atoms with E-state index in [0.717, 1.165) is 11.5 Å². The summed E-state index contributed by atoms with van der Waals surface area (Å²) in [6, 6.07) is 0. The lowest BCUT2D eigenvalue weighted by molar-refractivity contribution is -0.119. The van der Waals surface area contributed by atoms with Crippen LogP contribution in [0.15, 0.2) is 0 Å². The molecule has 4 nitrogen and oxygen atoms in total. The highest BCUT2D eigenvalue weighted by atomic mass is 32.1. The van der Waals surface area contributed by atoms with Gasteiger partial charge in [0, 0.05) is 6.54 Å². The molecule has 0 bridgehead atoms. The van der Waals surface area contributed by atoms with Crippen molar-refractivity contribution < 1.29 is 17.9 Å². The summed E-state index contributed by atoms with van der Waals surface area (Å²) in [5.74, 6) is 0.389. The molecule has 1 aromatic heterocycles. The van der Waals surface area contributed by atoms with Gasteiger partial charge >= 0.3 is 6.18 Å². The van der Waals surface area contributed by atoms with Crippen molar-refractivity contribution in [2.24, 2.45) is 0 Å². The topological polar surface area (TPSA) is 51.4 Å². The molecule has 2 N–H and O–H groups in total. The van der Waals surface area contributed by atoms with Crippen LogP contribution in [0.5, 0.6) is 5.75 Å². The largest absolute Gasteiger partial charge is 0.487 e. The van der Waals surface area contributed by atoms with Crippen molar-refractivity contribution in [3.8, 4) is 5.75 Å². The third-order valence-corrected chi connectivity index (χ3v) is 3.00. The maximum atomic E-state index is 12.5. The van der Waals surface area contributed by atoms with Crippen LogP contribution in [0.2, 0.25) is 0 Å². The van der Waals surface area contributed by atoms with Gasteiger partial charge in [0.15, 0.2) is 16.6 Å². The summed E-state index contributed by atoms with van der Waals surface area (Å²) >= 11 is 0.931. The Morgan fingerprint density at radius 1 is 1.39 bits per heavy atom. The minimum atomic E-state index is -4.27. The van der Waals surface area contributed by atoms with E-state index < -0.39 is 12.7 Å². The highest BCUT2D eigenvalue weighted by Gasteiger charge is 2.33. The standard InChI is InChI=1S/C10H16F3N3OS/c1-3-5-16(6-10(11,12)13)9-7(17-4-2)8(14)15-18-9/h3-6H2,1-2H3,(H2,14,15). The molecule has 0 unspecified atom stereocenters. The Hall–Kier alpha value is -1.18. The van der Waals surface area contributed by atoms with E-state index in [4.69, 9.17) is 10.5 Å². The molecule has 1 heterocycles. The maximum Gasteiger partial charge on any atom is 0.405 e. The first kappa shape index (κ1) is 14.9. The zero-order chi connectivity index (χ0) is 13.8. The fourth-order valence-corrected chi connectivity index (χ4v) is 2.29. The summed E-state index contributed by atoms with van der Waals surface area (Å²) in [5, 5.41) is 0.341. The lowest BCUT2D eigenvalue weighted by Gasteiger charge is -2.24. The van der Waals surface area contributed by atoms with E-state index in [9.17, 15) is 13.2 Å². The molecule has 1 aromatic rings. The van der Waals surface area contributed by atoms with Crippen LogP contribution in [0.1, 0.15) is 20.3 Å². The second-order valence-electron chi connectivity index (χ2n) is 3.67. The van der Waals surface area contributed by atoms with Crippen molar-refractivity contribution in [3.63, 3.8) is 0 Å². The molecular formula is C10H16F3N3OS. The molecule has 0 aliphatic heterocycles. The van der Waals surface area contributed by atoms with E-state index in [1.54, 1.807) is 6.92 Å². The number of ether oxygens (including phenoxy) is 1. The number of hydrogen-bond donors (Lipinski definition) is 1. The normalized spacial score (nSPS) is 11.6. The second kappa shape index (κ2) is 6.12. The first-order valence-corrected chi connectivity index (χ1v) is 6.36. The number of nitrogen functional groups attached to an aromatic ring is 1. The number of halogens is 3. The van der Waals surface area contributed by atoms with Crippen LogP contribution in [0.3, 0.4) is 0 Å². The number of nitrogens with two attached hydrogens (primary N) is 1. The van der Waals surface area contributed by atoms with Crippen LogP contribution in [0, 0.1) is 0 Å². The minimum Gasteiger partial charge on any atom is -0.487 e. The van der Waals surface area contributed by atoms with Crippen LogP contribution in [0.25, 0.3) is 0 Å². The summed E-state index contributed by atoms with van der Waals surface area (Å²) in [6.07, 6.45) is -3.67. The van der Waals surface area contributed by atoms with Gasteiger partial charge in [-0.15, -0.1) is 0 Å². The van der Waals surface area contributed by atoms with Gasteiger partial charge in [-0.25, -0.2) is 0 Å². The number of alkyl halides is 3. The molecule has 0 saturated carbocycles. The van der Waals surface area contributed by atoms with Crippen LogP contribution in [0.4, 0.5) is 24.0 Å². The van der Waals surface area contributed by atoms with Crippen LogP contribution >= 0.6 is 11.5 Å². The molecule has 8 heteroatoms. The van der Waals surface area contributed by atoms with E-state index in [2.05, 4.69) is 4.37 Å². The predicted octanol–water partition coefficient (Wildman–Crippen LogP) is 2.90. The van der Waals surface area contributed by atoms with Crippen LogP contribution in [-0.4, -0.2) is 30.2 Å². The Bertz CT molecular complexity index is 381. The highest BCUT2D eigenvalue weighted by molar-refractivity contribution is 7.11. The van der Waals surface area contributed by atoms with Crippen molar-refractivity contribution in [2.75, 3.05) is 30.3 Å². The van der Waals surface area contributed by atoms with Gasteiger partial charge in [0.2, 0.25) is 0 Å². The monoisotopic (exact) mass is 283 g/mol. The van der Waals surface area contributed by atoms with Crippen molar-refractivity contribution >= 4 is 22.4 Å². The lowest BCUT2D eigenvalue weighted by Crippen LogP contribution is -2.34. The summed E-state index contributed by atoms with van der Waals surface area (Å²) in [6.45, 7) is 3.15. The molecule has 0 saturated heterocycles. The smallest absolute Gasteiger partial charge is 0.405 e. The van der Waals surface area contributed by atoms with E-state index in [-0.39, 0.29) is 18.1 Å². The van der Waals surface area contributed by atoms with Crippen molar-refractivity contribution in [2.45, 2.75) is 26.4 Å². The molecule has 0 aliphatic carbocycles. The number of aromatic nitrogens is 1. The van der Waals surface area contributed by atoms with Gasteiger partial charge in [-0.2, -0.15) is 17.5 Å². The van der Waals surface area contributed by atoms with E-state index in [1.165, 1.54) is 4.90 Å². The first-order chi connectivity index (χ1) is 8.39. The van der Waals surface area contributed by atoms with Crippen molar-refractivity contribution in [1.29, 1.82) is 0 Å². The van der Waals surface area contributed by atoms with Crippen molar-refractivity contribution in [3.05, 3.63) is 0 Å². The zero-order valence-corrected chi connectivity index (χ0v) is 11.1. The van der Waals surface area contributed by atoms with E-state index >= 15 is 0 Å². The summed E-state index contributed by atoms with van der Waals surface area (Å²) in [7, 11) is 0. The van der Waals surface area contributed by atoms with Crippen LogP contribution in [-0.2, 0) is 0 Å². The quantitative estimate of drug-likeness (QED) is 0.872. The zero-order valence-electron chi connectivity index (χ0n) is 10.3. The molecule has 1 rings (SSSR count). The molecule has 0 fully saturated rings. The molecule has 0 atom stereocenters. The van der Waals surface area contributed by atoms with Crippen molar-refractivity contribution in [1.82, 2.24) is 4.37 Å². The van der Waals surface area contributed by atoms with Gasteiger partial charge < -0.3 is 15.4 Å². The molecule has 0 aromatic carbocycles. The Balaban J connectivity index is 2.97. The Morgan fingerprint density at radius 3 is 2.56 bits per heavy atom. The summed E-state index contributed by atoms with van der Waals surface area (Å²) < 4.78 is 46.6. The van der Waals surface area contributed by atoms with Gasteiger partial charge in [0.05, 0.1) is 6.61 Å². The molecule has 0 aliphatic rings. The average molecular weight is 283 g/mol. The third-order valence-electron chi connectivity index (χ3n) is 2.10. The molecule has 0 radical (unpaired) electrons. The van der Waals surface area contributed by atoms with E-state index in [1.807, 2.05) is 6.92 Å². The fourth-order valence-electron chi connectivity index (χ4n) is 1.50. The lowest BCUT2D eigenvalue weighted by atomic mass is 10.4. The highest BCUT2D eigenvalue weighted by Crippen LogP contribution is 2.39. The molecule has 0 spiro atoms. The molecule has 18 heavy (non-hydrogen) atoms. The van der Waals surface area contributed by atoms with Gasteiger partial charge in [0.25, 0.3) is 0 Å². The molecular weight excluding hydrogens is 267 g/mol. The fraction of sp³-hybridized carbons (Fsp3) is 0.700. The van der Waals surface area contributed by atoms with Crippen LogP contribution < -0.4 is 15.4 Å². The Morgan fingerprint density at radius 2 is 2.06 bits per heavy atom. The second-order valence-corrected chi connectivity index (χ2v) is 4.42. The number of hydrogen-bond acceptors (Lipinski definition) is 5. The first-order valence-electron chi connectivity index (χ1n) is 5.58. The minimum absolute atomic E-state index is 0.139. The number of nitrogens with zero attached hydrogens (tertiary/aromatic N) is 2. The average Bonchev–Trinajstić information content (AvgIpc) is 2.59.